The molecule has 1 saturated heterocycles. The van der Waals surface area contributed by atoms with E-state index in [0.717, 1.165) is 35.8 Å². The van der Waals surface area contributed by atoms with Crippen molar-refractivity contribution in [3.05, 3.63) is 91.6 Å². The number of rotatable bonds is 13. The maximum atomic E-state index is 15.8. The largest absolute Gasteiger partial charge is 0.481 e. The molecular weight excluding hydrogens is 640 g/mol. The van der Waals surface area contributed by atoms with Crippen molar-refractivity contribution >= 4 is 11.9 Å². The minimum atomic E-state index is -4.78. The number of benzene rings is 2. The normalized spacial score (nSPS) is 15.2. The molecule has 0 spiro atoms. The first-order chi connectivity index (χ1) is 23.0. The minimum absolute atomic E-state index is 0.0138. The van der Waals surface area contributed by atoms with Crippen molar-refractivity contribution in [2.24, 2.45) is 5.92 Å². The highest BCUT2D eigenvalue weighted by atomic mass is 19.4. The summed E-state index contributed by atoms with van der Waals surface area (Å²) < 4.78 is 59.0. The molecule has 49 heavy (non-hydrogen) atoms. The number of aliphatic carboxylic acids is 1. The predicted octanol–water partition coefficient (Wildman–Crippen LogP) is 7.03. The summed E-state index contributed by atoms with van der Waals surface area (Å²) in [6.07, 6.45) is -2.74. The first-order valence-corrected chi connectivity index (χ1v) is 16.4. The number of carboxylic acid groups (broad SMARTS) is 1. The Labute approximate surface area is 283 Å². The highest BCUT2D eigenvalue weighted by Crippen LogP contribution is 2.35. The molecule has 0 bridgehead atoms. The van der Waals surface area contributed by atoms with Gasteiger partial charge in [-0.1, -0.05) is 20.3 Å². The van der Waals surface area contributed by atoms with Gasteiger partial charge in [0.25, 0.3) is 5.56 Å². The third-order valence-corrected chi connectivity index (χ3v) is 9.43. The fraction of sp³-hybridized carbons (Fsp3) is 0.459. The summed E-state index contributed by atoms with van der Waals surface area (Å²) in [6, 6.07) is 6.54. The molecule has 3 atom stereocenters. The average molecular weight is 683 g/mol. The van der Waals surface area contributed by atoms with Gasteiger partial charge in [-0.2, -0.15) is 18.4 Å². The topological polar surface area (TPSA) is 115 Å². The smallest absolute Gasteiger partial charge is 0.416 e. The lowest BCUT2D eigenvalue weighted by molar-refractivity contribution is -0.139. The molecule has 2 unspecified atom stereocenters. The van der Waals surface area contributed by atoms with Gasteiger partial charge in [-0.05, 0) is 117 Å². The summed E-state index contributed by atoms with van der Waals surface area (Å²) in [5, 5.41) is 21.9. The van der Waals surface area contributed by atoms with E-state index in [2.05, 4.69) is 11.4 Å². The third kappa shape index (κ3) is 8.76. The highest BCUT2D eigenvalue weighted by Gasteiger charge is 2.36. The van der Waals surface area contributed by atoms with Gasteiger partial charge in [-0.25, -0.2) is 4.39 Å². The van der Waals surface area contributed by atoms with Crippen LogP contribution in [0.4, 0.5) is 17.6 Å². The first kappa shape index (κ1) is 37.3. The van der Waals surface area contributed by atoms with Crippen LogP contribution >= 0.6 is 0 Å². The Balaban J connectivity index is 1.79. The van der Waals surface area contributed by atoms with E-state index in [1.165, 1.54) is 13.0 Å². The number of nitriles is 1. The van der Waals surface area contributed by atoms with E-state index in [9.17, 15) is 37.9 Å². The molecule has 0 aliphatic carbocycles. The van der Waals surface area contributed by atoms with Gasteiger partial charge in [0.1, 0.15) is 11.9 Å². The van der Waals surface area contributed by atoms with Crippen LogP contribution in [0.25, 0.3) is 11.1 Å². The summed E-state index contributed by atoms with van der Waals surface area (Å²) in [7, 11) is 0. The van der Waals surface area contributed by atoms with Crippen molar-refractivity contribution in [3.8, 4) is 17.2 Å². The Bertz CT molecular complexity index is 1820. The molecule has 2 aromatic carbocycles. The number of carbonyl (C=O) groups is 2. The van der Waals surface area contributed by atoms with Crippen molar-refractivity contribution in [3.63, 3.8) is 0 Å². The lowest BCUT2D eigenvalue weighted by atomic mass is 9.90. The Morgan fingerprint density at radius 2 is 1.76 bits per heavy atom. The number of halogens is 4. The van der Waals surface area contributed by atoms with Crippen LogP contribution in [0.3, 0.4) is 0 Å². The van der Waals surface area contributed by atoms with Gasteiger partial charge in [-0.15, -0.1) is 0 Å². The summed E-state index contributed by atoms with van der Waals surface area (Å²) in [5.41, 5.74) is 1.06. The van der Waals surface area contributed by atoms with Gasteiger partial charge in [0.2, 0.25) is 5.91 Å². The number of alkyl halides is 3. The molecule has 1 fully saturated rings. The number of carboxylic acids is 1. The molecule has 8 nitrogen and oxygen atoms in total. The standard InChI is InChI=1S/C37H42F4N4O4/c1-6-21(2)12-32(45-20-25(8-11-44-9-7-10-44)30(17-33(45)46)37(39,40)41)36(49)43-31(18-34(47)48)29-16-26(14-24(5)35(29)38)28-15-22(3)27(19-42)13-23(28)4/h13-17,20-21,31-32H,6-12,18H2,1-5H3,(H,43,49)(H,47,48)/t21?,31-,32?/m0/s1. The average Bonchev–Trinajstić information content (AvgIpc) is 3.00. The zero-order chi connectivity index (χ0) is 36.2. The van der Waals surface area contributed by atoms with Gasteiger partial charge in [-0.3, -0.25) is 14.4 Å². The third-order valence-electron chi connectivity index (χ3n) is 9.43. The van der Waals surface area contributed by atoms with Crippen LogP contribution in [0.2, 0.25) is 0 Å². The summed E-state index contributed by atoms with van der Waals surface area (Å²) in [6.45, 7) is 10.7. The lowest BCUT2D eigenvalue weighted by Crippen LogP contribution is -2.41. The van der Waals surface area contributed by atoms with Crippen molar-refractivity contribution in [1.82, 2.24) is 14.8 Å². The van der Waals surface area contributed by atoms with E-state index in [1.54, 1.807) is 32.0 Å². The number of carbonyl (C=O) groups excluding carboxylic acids is 1. The predicted molar refractivity (Wildman–Crippen MR) is 177 cm³/mol. The number of aryl methyl sites for hydroxylation is 3. The van der Waals surface area contributed by atoms with Crippen molar-refractivity contribution in [1.29, 1.82) is 5.26 Å². The van der Waals surface area contributed by atoms with E-state index in [-0.39, 0.29) is 35.4 Å². The fourth-order valence-corrected chi connectivity index (χ4v) is 6.21. The number of hydrogen-bond acceptors (Lipinski definition) is 5. The van der Waals surface area contributed by atoms with Gasteiger partial charge in [0.15, 0.2) is 0 Å². The van der Waals surface area contributed by atoms with Gasteiger partial charge < -0.3 is 19.9 Å². The molecule has 262 valence electrons. The summed E-state index contributed by atoms with van der Waals surface area (Å²) in [4.78, 5) is 41.5. The van der Waals surface area contributed by atoms with Gasteiger partial charge in [0.05, 0.1) is 29.7 Å². The second-order valence-electron chi connectivity index (χ2n) is 13.1. The molecular formula is C37H42F4N4O4. The summed E-state index contributed by atoms with van der Waals surface area (Å²) >= 11 is 0. The number of aromatic nitrogens is 1. The Morgan fingerprint density at radius 3 is 2.33 bits per heavy atom. The molecule has 1 aliphatic rings. The molecule has 12 heteroatoms. The van der Waals surface area contributed by atoms with Crippen LogP contribution in [0.1, 0.15) is 90.6 Å². The molecule has 4 rings (SSSR count). The van der Waals surface area contributed by atoms with Crippen LogP contribution in [-0.4, -0.2) is 46.1 Å². The second kappa shape index (κ2) is 15.4. The Hall–Kier alpha value is -4.50. The van der Waals surface area contributed by atoms with Crippen LogP contribution in [-0.2, 0) is 22.2 Å². The molecule has 2 N–H and O–H groups in total. The van der Waals surface area contributed by atoms with E-state index in [4.69, 9.17) is 0 Å². The van der Waals surface area contributed by atoms with Crippen molar-refractivity contribution in [2.45, 2.75) is 85.0 Å². The molecule has 3 aromatic rings. The SMILES string of the molecule is CCC(C)CC(C(=O)N[C@@H](CC(=O)O)c1cc(-c2cc(C)c(C#N)cc2C)cc(C)c1F)n1cc(CCN2CCC2)c(C(F)(F)F)cc1=O. The van der Waals surface area contributed by atoms with Crippen molar-refractivity contribution < 1.29 is 32.3 Å². The quantitative estimate of drug-likeness (QED) is 0.187. The number of amides is 1. The number of likely N-dealkylation sites (tertiary alicyclic amines) is 1. The molecule has 1 aliphatic heterocycles. The Kier molecular flexibility index (Phi) is 11.7. The minimum Gasteiger partial charge on any atom is -0.481 e. The number of pyridine rings is 1. The van der Waals surface area contributed by atoms with Crippen molar-refractivity contribution in [2.75, 3.05) is 19.6 Å². The highest BCUT2D eigenvalue weighted by molar-refractivity contribution is 5.82. The van der Waals surface area contributed by atoms with E-state index in [0.29, 0.717) is 41.3 Å². The fourth-order valence-electron chi connectivity index (χ4n) is 6.21. The Morgan fingerprint density at radius 1 is 1.06 bits per heavy atom. The second-order valence-corrected chi connectivity index (χ2v) is 13.1. The van der Waals surface area contributed by atoms with E-state index < -0.39 is 53.5 Å². The first-order valence-electron chi connectivity index (χ1n) is 16.4. The van der Waals surface area contributed by atoms with E-state index >= 15 is 4.39 Å². The molecule has 0 saturated carbocycles. The number of hydrogen-bond donors (Lipinski definition) is 2. The maximum absolute atomic E-state index is 15.8. The van der Waals surface area contributed by atoms with Crippen LogP contribution in [0, 0.1) is 43.8 Å². The van der Waals surface area contributed by atoms with Crippen LogP contribution < -0.4 is 10.9 Å². The van der Waals surface area contributed by atoms with Crippen LogP contribution in [0.15, 0.2) is 41.3 Å². The molecule has 1 amide bonds. The molecule has 1 aromatic heterocycles. The van der Waals surface area contributed by atoms with Crippen LogP contribution in [0.5, 0.6) is 0 Å². The van der Waals surface area contributed by atoms with Gasteiger partial charge in [0, 0.05) is 24.4 Å². The van der Waals surface area contributed by atoms with Gasteiger partial charge >= 0.3 is 12.1 Å². The number of nitrogens with zero attached hydrogens (tertiary/aromatic N) is 3. The zero-order valence-electron chi connectivity index (χ0n) is 28.4. The summed E-state index contributed by atoms with van der Waals surface area (Å²) in [5.74, 6) is -3.00. The van der Waals surface area contributed by atoms with E-state index in [1.807, 2.05) is 18.7 Å². The lowest BCUT2D eigenvalue weighted by Gasteiger charge is -2.31. The molecule has 2 heterocycles. The maximum Gasteiger partial charge on any atom is 0.416 e. The number of nitrogens with one attached hydrogen (secondary N) is 1. The monoisotopic (exact) mass is 682 g/mol. The zero-order valence-corrected chi connectivity index (χ0v) is 28.4. The molecule has 0 radical (unpaired) electrons.